The zero-order valence-electron chi connectivity index (χ0n) is 25.3. The fraction of sp³-hybridized carbons (Fsp3) is 0.257. The summed E-state index contributed by atoms with van der Waals surface area (Å²) in [5.74, 6) is -0.604. The second kappa shape index (κ2) is 12.2. The van der Waals surface area contributed by atoms with Crippen molar-refractivity contribution in [1.82, 2.24) is 4.98 Å². The largest absolute Gasteiger partial charge is 0.507 e. The summed E-state index contributed by atoms with van der Waals surface area (Å²) in [5.41, 5.74) is 3.13. The molecule has 4 aromatic rings. The Labute approximate surface area is 264 Å². The number of hydrogen-bond donors (Lipinski definition) is 1. The summed E-state index contributed by atoms with van der Waals surface area (Å²) in [5, 5.41) is 11.9. The van der Waals surface area contributed by atoms with Crippen molar-refractivity contribution in [3.8, 4) is 17.2 Å². The van der Waals surface area contributed by atoms with Gasteiger partial charge in [-0.25, -0.2) is 4.98 Å². The van der Waals surface area contributed by atoms with Crippen molar-refractivity contribution in [3.63, 3.8) is 0 Å². The number of hydrogen-bond acceptors (Lipinski definition) is 9. The quantitative estimate of drug-likeness (QED) is 0.0961. The van der Waals surface area contributed by atoms with E-state index in [0.29, 0.717) is 52.8 Å². The topological polar surface area (TPSA) is 115 Å². The number of Topliss-reactive ketones (excluding diaryl/α,β-unsaturated/α-hetero) is 2. The molecule has 10 heteroatoms. The van der Waals surface area contributed by atoms with E-state index in [0.717, 1.165) is 28.2 Å². The first-order valence-electron chi connectivity index (χ1n) is 14.7. The molecule has 230 valence electrons. The maximum absolute atomic E-state index is 13.8. The lowest BCUT2D eigenvalue weighted by atomic mass is 9.94. The lowest BCUT2D eigenvalue weighted by Crippen LogP contribution is -2.29. The van der Waals surface area contributed by atoms with Gasteiger partial charge in [-0.1, -0.05) is 47.7 Å². The van der Waals surface area contributed by atoms with E-state index < -0.39 is 17.7 Å². The molecular formula is C35H32N2O7S. The van der Waals surface area contributed by atoms with Gasteiger partial charge in [0.1, 0.15) is 24.2 Å². The minimum absolute atomic E-state index is 0.00815. The summed E-state index contributed by atoms with van der Waals surface area (Å²) in [6.07, 6.45) is 0.647. The van der Waals surface area contributed by atoms with Crippen LogP contribution in [0.15, 0.2) is 72.3 Å². The standard InChI is InChI=1S/C35H32N2O7S/c1-5-42-28-17-23(11-14-27(28)43-18-22-9-7-6-8-10-22)30-29(31(39)24-12-13-26-25(16-24)15-19(2)44-26)32(40)34(41)37(30)35-36-20(3)33(45-35)21(4)38/h6-14,16-17,19,30,39H,5,15,18H2,1-4H3/b31-29-. The van der Waals surface area contributed by atoms with Gasteiger partial charge in [0.15, 0.2) is 22.4 Å². The number of aromatic nitrogens is 1. The van der Waals surface area contributed by atoms with E-state index >= 15 is 0 Å². The van der Waals surface area contributed by atoms with Crippen LogP contribution in [0.1, 0.15) is 64.4 Å². The van der Waals surface area contributed by atoms with Crippen LogP contribution in [0.3, 0.4) is 0 Å². The highest BCUT2D eigenvalue weighted by Gasteiger charge is 2.48. The molecule has 45 heavy (non-hydrogen) atoms. The molecule has 2 aliphatic heterocycles. The molecular weight excluding hydrogens is 592 g/mol. The number of ether oxygens (including phenoxy) is 3. The first-order chi connectivity index (χ1) is 21.7. The zero-order chi connectivity index (χ0) is 31.8. The van der Waals surface area contributed by atoms with Crippen molar-refractivity contribution in [2.24, 2.45) is 0 Å². The van der Waals surface area contributed by atoms with Crippen LogP contribution in [0.5, 0.6) is 17.2 Å². The molecule has 0 bridgehead atoms. The van der Waals surface area contributed by atoms with Gasteiger partial charge in [0.05, 0.1) is 28.8 Å². The molecule has 2 unspecified atom stereocenters. The normalized spacial score (nSPS) is 18.5. The number of fused-ring (bicyclic) bond motifs is 1. The Morgan fingerprint density at radius 2 is 1.84 bits per heavy atom. The predicted octanol–water partition coefficient (Wildman–Crippen LogP) is 6.58. The van der Waals surface area contributed by atoms with Crippen molar-refractivity contribution < 1.29 is 33.7 Å². The minimum Gasteiger partial charge on any atom is -0.507 e. The maximum atomic E-state index is 13.8. The molecule has 1 fully saturated rings. The van der Waals surface area contributed by atoms with Crippen LogP contribution in [-0.2, 0) is 22.6 Å². The first-order valence-corrected chi connectivity index (χ1v) is 15.5. The van der Waals surface area contributed by atoms with Crippen LogP contribution in [0, 0.1) is 6.92 Å². The van der Waals surface area contributed by atoms with Crippen molar-refractivity contribution in [1.29, 1.82) is 0 Å². The second-order valence-electron chi connectivity index (χ2n) is 11.0. The maximum Gasteiger partial charge on any atom is 0.301 e. The molecule has 1 N–H and O–H groups in total. The zero-order valence-corrected chi connectivity index (χ0v) is 26.1. The molecule has 9 nitrogen and oxygen atoms in total. The third kappa shape index (κ3) is 5.69. The summed E-state index contributed by atoms with van der Waals surface area (Å²) in [4.78, 5) is 45.9. The molecule has 2 aliphatic rings. The van der Waals surface area contributed by atoms with Gasteiger partial charge in [0.25, 0.3) is 5.78 Å². The Bertz CT molecular complexity index is 1850. The van der Waals surface area contributed by atoms with Gasteiger partial charge in [0.2, 0.25) is 0 Å². The minimum atomic E-state index is -1.05. The highest BCUT2D eigenvalue weighted by Crippen LogP contribution is 2.46. The Hall–Kier alpha value is -4.96. The van der Waals surface area contributed by atoms with Gasteiger partial charge in [-0.2, -0.15) is 0 Å². The molecule has 3 aromatic carbocycles. The van der Waals surface area contributed by atoms with Crippen molar-refractivity contribution >= 4 is 39.7 Å². The summed E-state index contributed by atoms with van der Waals surface area (Å²) >= 11 is 1.03. The van der Waals surface area contributed by atoms with Gasteiger partial charge >= 0.3 is 5.91 Å². The smallest absolute Gasteiger partial charge is 0.301 e. The highest BCUT2D eigenvalue weighted by atomic mass is 32.1. The third-order valence-electron chi connectivity index (χ3n) is 7.75. The van der Waals surface area contributed by atoms with Crippen molar-refractivity contribution in [2.75, 3.05) is 11.5 Å². The van der Waals surface area contributed by atoms with E-state index in [1.807, 2.05) is 44.2 Å². The number of rotatable bonds is 9. The van der Waals surface area contributed by atoms with Gasteiger partial charge in [-0.3, -0.25) is 19.3 Å². The van der Waals surface area contributed by atoms with E-state index in [1.165, 1.54) is 11.8 Å². The number of nitrogens with zero attached hydrogens (tertiary/aromatic N) is 2. The number of carbonyl (C=O) groups is 3. The number of anilines is 1. The van der Waals surface area contributed by atoms with E-state index in [1.54, 1.807) is 43.3 Å². The van der Waals surface area contributed by atoms with Crippen molar-refractivity contribution in [2.45, 2.75) is 52.9 Å². The van der Waals surface area contributed by atoms with Crippen LogP contribution >= 0.6 is 11.3 Å². The Morgan fingerprint density at radius 3 is 2.56 bits per heavy atom. The average Bonchev–Trinajstić information content (AvgIpc) is 3.68. The second-order valence-corrected chi connectivity index (χ2v) is 12.0. The SMILES string of the molecule is CCOc1cc(C2/C(=C(/O)c3ccc4c(c3)CC(C)O4)C(=O)C(=O)N2c2nc(C)c(C(C)=O)s2)ccc1OCc1ccccc1. The fourth-order valence-electron chi connectivity index (χ4n) is 5.70. The molecule has 1 aromatic heterocycles. The highest BCUT2D eigenvalue weighted by molar-refractivity contribution is 7.18. The molecule has 0 saturated carbocycles. The molecule has 6 rings (SSSR count). The first kappa shape index (κ1) is 30.1. The molecule has 0 radical (unpaired) electrons. The van der Waals surface area contributed by atoms with Gasteiger partial charge in [0, 0.05) is 18.9 Å². The lowest BCUT2D eigenvalue weighted by molar-refractivity contribution is -0.132. The Kier molecular flexibility index (Phi) is 8.16. The van der Waals surface area contributed by atoms with E-state index in [9.17, 15) is 19.5 Å². The Balaban J connectivity index is 1.48. The third-order valence-corrected chi connectivity index (χ3v) is 9.00. The van der Waals surface area contributed by atoms with Crippen molar-refractivity contribution in [3.05, 3.63) is 105 Å². The number of aryl methyl sites for hydroxylation is 1. The summed E-state index contributed by atoms with van der Waals surface area (Å²) in [6, 6.07) is 19.0. The molecule has 3 heterocycles. The average molecular weight is 625 g/mol. The summed E-state index contributed by atoms with van der Waals surface area (Å²) < 4.78 is 17.9. The molecule has 1 saturated heterocycles. The monoisotopic (exact) mass is 624 g/mol. The lowest BCUT2D eigenvalue weighted by Gasteiger charge is -2.24. The van der Waals surface area contributed by atoms with E-state index in [-0.39, 0.29) is 28.4 Å². The van der Waals surface area contributed by atoms with Crippen LogP contribution < -0.4 is 19.1 Å². The molecule has 2 atom stereocenters. The van der Waals surface area contributed by atoms with Crippen LogP contribution in [0.2, 0.25) is 0 Å². The number of carbonyl (C=O) groups excluding carboxylic acids is 3. The van der Waals surface area contributed by atoms with Gasteiger partial charge in [-0.15, -0.1) is 0 Å². The number of benzene rings is 3. The summed E-state index contributed by atoms with van der Waals surface area (Å²) in [7, 11) is 0. The number of thiazole rings is 1. The number of aliphatic hydroxyl groups excluding tert-OH is 1. The van der Waals surface area contributed by atoms with Gasteiger partial charge in [-0.05, 0) is 67.8 Å². The molecule has 1 amide bonds. The number of amides is 1. The van der Waals surface area contributed by atoms with Crippen LogP contribution in [0.4, 0.5) is 5.13 Å². The van der Waals surface area contributed by atoms with Gasteiger partial charge < -0.3 is 19.3 Å². The summed E-state index contributed by atoms with van der Waals surface area (Å²) in [6.45, 7) is 7.57. The number of ketones is 2. The van der Waals surface area contributed by atoms with E-state index in [2.05, 4.69) is 4.98 Å². The van der Waals surface area contributed by atoms with Crippen LogP contribution in [0.25, 0.3) is 5.76 Å². The molecule has 0 aliphatic carbocycles. The number of aliphatic hydroxyl groups is 1. The van der Waals surface area contributed by atoms with Crippen LogP contribution in [-0.4, -0.2) is 40.3 Å². The molecule has 0 spiro atoms. The Morgan fingerprint density at radius 1 is 1.07 bits per heavy atom. The fourth-order valence-corrected chi connectivity index (χ4v) is 6.69. The van der Waals surface area contributed by atoms with E-state index in [4.69, 9.17) is 14.2 Å². The predicted molar refractivity (Wildman–Crippen MR) is 170 cm³/mol.